The van der Waals surface area contributed by atoms with Gasteiger partial charge in [0.2, 0.25) is 0 Å². The van der Waals surface area contributed by atoms with Crippen LogP contribution in [0, 0.1) is 0 Å². The molecular formula is C57H72Br2O2P2. The zero-order valence-corrected chi connectivity index (χ0v) is 44.9. The second-order valence-corrected chi connectivity index (χ2v) is 41.7. The molecular weight excluding hydrogens is 938 g/mol. The van der Waals surface area contributed by atoms with Gasteiger partial charge in [0.1, 0.15) is 0 Å². The van der Waals surface area contributed by atoms with Crippen LogP contribution in [0.15, 0.2) is 146 Å². The minimum atomic E-state index is -3.31. The van der Waals surface area contributed by atoms with Crippen LogP contribution in [-0.4, -0.2) is 22.5 Å². The van der Waals surface area contributed by atoms with Crippen molar-refractivity contribution in [2.24, 2.45) is 0 Å². The molecule has 0 aromatic heterocycles. The molecule has 0 fully saturated rings. The van der Waals surface area contributed by atoms with Crippen LogP contribution >= 0.6 is 41.6 Å². The van der Waals surface area contributed by atoms with Crippen molar-refractivity contribution < 1.29 is 10.2 Å². The van der Waals surface area contributed by atoms with Crippen molar-refractivity contribution in [3.8, 4) is 11.5 Å². The van der Waals surface area contributed by atoms with Crippen LogP contribution in [0.2, 0.25) is 0 Å². The van der Waals surface area contributed by atoms with Crippen LogP contribution < -0.4 is 21.2 Å². The van der Waals surface area contributed by atoms with E-state index in [-0.39, 0.29) is 21.7 Å². The molecule has 0 bridgehead atoms. The number of halogens is 2. The summed E-state index contributed by atoms with van der Waals surface area (Å²) in [5.74, 6) is 0.822. The van der Waals surface area contributed by atoms with E-state index >= 15 is 0 Å². The predicted octanol–water partition coefficient (Wildman–Crippen LogP) is 15.4. The van der Waals surface area contributed by atoms with Crippen LogP contribution in [0.4, 0.5) is 0 Å². The molecule has 0 aliphatic heterocycles. The zero-order chi connectivity index (χ0) is 46.3. The van der Waals surface area contributed by atoms with E-state index in [1.807, 2.05) is 0 Å². The van der Waals surface area contributed by atoms with Crippen molar-refractivity contribution in [1.82, 2.24) is 0 Å². The summed E-state index contributed by atoms with van der Waals surface area (Å²) in [6, 6.07) is 54.0. The quantitative estimate of drug-likeness (QED) is 0.120. The van der Waals surface area contributed by atoms with E-state index in [1.54, 1.807) is 0 Å². The van der Waals surface area contributed by atoms with E-state index in [0.717, 1.165) is 53.3 Å². The van der Waals surface area contributed by atoms with Crippen molar-refractivity contribution in [3.05, 3.63) is 179 Å². The number of rotatable bonds is 12. The van der Waals surface area contributed by atoms with Gasteiger partial charge in [0, 0.05) is 0 Å². The Bertz CT molecular complexity index is 2200. The van der Waals surface area contributed by atoms with Crippen LogP contribution in [0.1, 0.15) is 123 Å². The number of hydrogen-bond acceptors (Lipinski definition) is 2. The summed E-state index contributed by atoms with van der Waals surface area (Å²) in [6.45, 7) is 26.5. The van der Waals surface area contributed by atoms with E-state index in [2.05, 4.69) is 229 Å². The number of phenols is 2. The topological polar surface area (TPSA) is 40.5 Å². The molecule has 2 N–H and O–H groups in total. The average Bonchev–Trinajstić information content (AvgIpc) is 3.22. The first-order chi connectivity index (χ1) is 29.2. The number of benzene rings is 6. The van der Waals surface area contributed by atoms with Gasteiger partial charge in [-0.05, 0) is 0 Å². The molecule has 0 unspecified atom stereocenters. The van der Waals surface area contributed by atoms with E-state index < -0.39 is 10.6 Å². The number of phenolic OH excluding ortho intramolecular Hbond substituents is 2. The molecule has 6 aromatic carbocycles. The van der Waals surface area contributed by atoms with Crippen LogP contribution in [-0.2, 0) is 34.0 Å². The monoisotopic (exact) mass is 1010 g/mol. The summed E-state index contributed by atoms with van der Waals surface area (Å²) in [6.07, 6.45) is 4.34. The Hall–Kier alpha value is -3.26. The molecule has 0 spiro atoms. The fourth-order valence-electron chi connectivity index (χ4n) is 9.77. The SMILES string of the molecule is CC(C)(C)c1cc(CP(Br)(CCCP(Br)(Cc2cc(C(C)(C)C)c(O)c(C(C)(C)C)c2)(c2ccccc2)c2ccccc2)(c2ccccc2)c2ccccc2)cc(C(C)(C)C)c1O. The summed E-state index contributed by atoms with van der Waals surface area (Å²) in [7, 11) is 0. The molecule has 6 rings (SSSR count). The Morgan fingerprint density at radius 1 is 0.365 bits per heavy atom. The third-order valence-corrected chi connectivity index (χ3v) is 32.3. The van der Waals surface area contributed by atoms with Gasteiger partial charge in [-0.2, -0.15) is 0 Å². The number of aromatic hydroxyl groups is 2. The fourth-order valence-corrected chi connectivity index (χ4v) is 25.7. The standard InChI is InChI=1S/C57H72Br2O2P2/c1-54(2,3)48-36-42(37-49(52(48)60)55(4,5)6)40-62(58,44-26-17-13-18-27-44,45-28-19-14-20-29-45)34-25-35-63(59,46-30-21-15-22-31-46,47-32-23-16-24-33-47)41-43-38-50(56(7,8)9)53(61)51(39-43)57(10,11)12/h13-24,26-33,36-39,60-61H,25,34-35,40-41H2,1-12H3. The first kappa shape index (κ1) is 49.2. The molecule has 0 amide bonds. The van der Waals surface area contributed by atoms with Crippen LogP contribution in [0.5, 0.6) is 11.5 Å². The fraction of sp³-hybridized carbons (Fsp3) is 0.368. The Kier molecular flexibility index (Phi) is 13.7. The van der Waals surface area contributed by atoms with Crippen molar-refractivity contribution in [2.75, 3.05) is 12.3 Å². The Balaban J connectivity index is 1.62. The van der Waals surface area contributed by atoms with Gasteiger partial charge >= 0.3 is 399 Å². The number of hydrogen-bond donors (Lipinski definition) is 2. The van der Waals surface area contributed by atoms with Gasteiger partial charge in [0.15, 0.2) is 0 Å². The zero-order valence-electron chi connectivity index (χ0n) is 39.9. The van der Waals surface area contributed by atoms with E-state index in [0.29, 0.717) is 11.5 Å². The van der Waals surface area contributed by atoms with Crippen molar-refractivity contribution >= 4 is 62.8 Å². The second kappa shape index (κ2) is 17.5. The Morgan fingerprint density at radius 3 is 0.762 bits per heavy atom. The van der Waals surface area contributed by atoms with E-state index in [4.69, 9.17) is 31.0 Å². The molecule has 336 valence electrons. The Labute approximate surface area is 396 Å². The molecule has 0 atom stereocenters. The third kappa shape index (κ3) is 9.82. The molecule has 6 aromatic rings. The summed E-state index contributed by atoms with van der Waals surface area (Å²) in [5, 5.41) is 22.5. The first-order valence-electron chi connectivity index (χ1n) is 22.6. The predicted molar refractivity (Wildman–Crippen MR) is 289 cm³/mol. The van der Waals surface area contributed by atoms with Gasteiger partial charge in [0.05, 0.1) is 0 Å². The second-order valence-electron chi connectivity index (χ2n) is 22.3. The Morgan fingerprint density at radius 2 is 0.571 bits per heavy atom. The molecule has 0 aliphatic carbocycles. The maximum absolute atomic E-state index is 11.9. The van der Waals surface area contributed by atoms with Crippen molar-refractivity contribution in [1.29, 1.82) is 0 Å². The molecule has 2 nitrogen and oxygen atoms in total. The molecule has 0 aliphatic rings. The summed E-state index contributed by atoms with van der Waals surface area (Å²) < 4.78 is 0. The summed E-state index contributed by atoms with van der Waals surface area (Å²) >= 11 is 9.78. The van der Waals surface area contributed by atoms with Gasteiger partial charge in [-0.1, -0.05) is 0 Å². The molecule has 0 heterocycles. The molecule has 0 radical (unpaired) electrons. The maximum atomic E-state index is 11.9. The van der Waals surface area contributed by atoms with E-state index in [1.165, 1.54) is 32.3 Å². The summed E-state index contributed by atoms with van der Waals surface area (Å²) in [5.41, 5.74) is 5.40. The van der Waals surface area contributed by atoms with Gasteiger partial charge in [-0.15, -0.1) is 0 Å². The normalized spacial score (nSPS) is 14.4. The van der Waals surface area contributed by atoms with E-state index in [9.17, 15) is 10.2 Å². The third-order valence-electron chi connectivity index (χ3n) is 13.2. The minimum absolute atomic E-state index is 0.255. The molecule has 63 heavy (non-hydrogen) atoms. The van der Waals surface area contributed by atoms with Gasteiger partial charge in [-0.25, -0.2) is 0 Å². The van der Waals surface area contributed by atoms with Gasteiger partial charge in [0.25, 0.3) is 0 Å². The molecule has 0 saturated carbocycles. The van der Waals surface area contributed by atoms with Crippen LogP contribution in [0.25, 0.3) is 0 Å². The van der Waals surface area contributed by atoms with Crippen LogP contribution in [0.3, 0.4) is 0 Å². The molecule has 6 heteroatoms. The molecule has 0 saturated heterocycles. The first-order valence-corrected chi connectivity index (χ1v) is 31.9. The van der Waals surface area contributed by atoms with Gasteiger partial charge in [-0.3, -0.25) is 0 Å². The summed E-state index contributed by atoms with van der Waals surface area (Å²) in [4.78, 5) is 0. The van der Waals surface area contributed by atoms with Crippen molar-refractivity contribution in [3.63, 3.8) is 0 Å². The average molecular weight is 1010 g/mol. The van der Waals surface area contributed by atoms with Crippen molar-refractivity contribution in [2.45, 2.75) is 123 Å². The van der Waals surface area contributed by atoms with Gasteiger partial charge < -0.3 is 0 Å².